The first kappa shape index (κ1) is 28.6. The molecule has 1 N–H and O–H groups in total. The number of carboxylic acids is 1. The third-order valence-electron chi connectivity index (χ3n) is 10.3. The van der Waals surface area contributed by atoms with E-state index in [1.165, 1.54) is 105 Å². The minimum atomic E-state index is -0.862. The SMILES string of the molecule is CCC(CC)N1CCCC(CCN2CCn3c(c(C4CCCCC4)c4ccc(C(=O)O)cc43)-c3ccc(Cl)cc32)C1. The molecule has 0 amide bonds. The largest absolute Gasteiger partial charge is 0.478 e. The zero-order valence-corrected chi connectivity index (χ0v) is 25.6. The Morgan fingerprint density at radius 1 is 0.976 bits per heavy atom. The second kappa shape index (κ2) is 12.4. The molecule has 5 nitrogen and oxygen atoms in total. The van der Waals surface area contributed by atoms with Gasteiger partial charge in [-0.3, -0.25) is 0 Å². The van der Waals surface area contributed by atoms with Crippen molar-refractivity contribution >= 4 is 34.2 Å². The number of halogens is 1. The van der Waals surface area contributed by atoms with Crippen LogP contribution in [-0.4, -0.2) is 52.8 Å². The average Bonchev–Trinajstić information content (AvgIpc) is 3.23. The topological polar surface area (TPSA) is 48.7 Å². The summed E-state index contributed by atoms with van der Waals surface area (Å²) in [5, 5.41) is 11.8. The van der Waals surface area contributed by atoms with Gasteiger partial charge in [0.1, 0.15) is 0 Å². The molecule has 0 spiro atoms. The summed E-state index contributed by atoms with van der Waals surface area (Å²) in [5.74, 6) is 0.372. The Morgan fingerprint density at radius 3 is 2.54 bits per heavy atom. The fraction of sp³-hybridized carbons (Fsp3) is 0.571. The number of fused-ring (bicyclic) bond motifs is 5. The van der Waals surface area contributed by atoms with Gasteiger partial charge in [0.25, 0.3) is 0 Å². The van der Waals surface area contributed by atoms with Crippen LogP contribution in [0, 0.1) is 5.92 Å². The van der Waals surface area contributed by atoms with Crippen LogP contribution in [0.25, 0.3) is 22.2 Å². The van der Waals surface area contributed by atoms with Crippen LogP contribution in [0.4, 0.5) is 5.69 Å². The highest BCUT2D eigenvalue weighted by Gasteiger charge is 2.31. The molecule has 1 atom stereocenters. The Bertz CT molecular complexity index is 1390. The smallest absolute Gasteiger partial charge is 0.335 e. The number of hydrogen-bond acceptors (Lipinski definition) is 3. The van der Waals surface area contributed by atoms with Crippen LogP contribution in [0.2, 0.25) is 5.02 Å². The molecule has 1 saturated carbocycles. The standard InChI is InChI=1S/C35H46ClN3O2/c1-3-28(4-2)38-17-8-9-24(23-38)16-18-37-19-20-39-32-21-26(35(40)41)12-14-29(32)33(25-10-6-5-7-11-25)34(39)30-15-13-27(36)22-31(30)37/h12-15,21-22,24-25,28H,3-11,16-20,23H2,1-2H3,(H,40,41). The van der Waals surface area contributed by atoms with Crippen LogP contribution in [0.3, 0.4) is 0 Å². The summed E-state index contributed by atoms with van der Waals surface area (Å²) < 4.78 is 2.44. The summed E-state index contributed by atoms with van der Waals surface area (Å²) in [6.45, 7) is 9.89. The number of hydrogen-bond donors (Lipinski definition) is 1. The maximum absolute atomic E-state index is 12.0. The van der Waals surface area contributed by atoms with Crippen LogP contribution in [-0.2, 0) is 6.54 Å². The van der Waals surface area contributed by atoms with Crippen LogP contribution in [0.15, 0.2) is 36.4 Å². The third-order valence-corrected chi connectivity index (χ3v) is 10.6. The van der Waals surface area contributed by atoms with Gasteiger partial charge in [-0.15, -0.1) is 0 Å². The summed E-state index contributed by atoms with van der Waals surface area (Å²) in [5.41, 5.74) is 6.64. The van der Waals surface area contributed by atoms with Gasteiger partial charge < -0.3 is 19.5 Å². The lowest BCUT2D eigenvalue weighted by Gasteiger charge is -2.38. The van der Waals surface area contributed by atoms with Gasteiger partial charge in [0, 0.05) is 59.4 Å². The highest BCUT2D eigenvalue weighted by atomic mass is 35.5. The summed E-state index contributed by atoms with van der Waals surface area (Å²) in [6.07, 6.45) is 12.5. The van der Waals surface area contributed by atoms with E-state index in [4.69, 9.17) is 11.6 Å². The lowest BCUT2D eigenvalue weighted by molar-refractivity contribution is 0.0697. The molecule has 3 heterocycles. The van der Waals surface area contributed by atoms with E-state index in [1.807, 2.05) is 12.1 Å². The molecule has 0 bridgehead atoms. The number of benzene rings is 2. The van der Waals surface area contributed by atoms with Gasteiger partial charge in [0.2, 0.25) is 0 Å². The second-order valence-corrected chi connectivity index (χ2v) is 13.1. The maximum Gasteiger partial charge on any atom is 0.335 e. The number of rotatable bonds is 8. The molecule has 3 aliphatic rings. The van der Waals surface area contributed by atoms with E-state index in [1.54, 1.807) is 6.07 Å². The van der Waals surface area contributed by atoms with E-state index < -0.39 is 5.97 Å². The van der Waals surface area contributed by atoms with Crippen LogP contribution < -0.4 is 4.90 Å². The molecule has 1 unspecified atom stereocenters. The predicted molar refractivity (Wildman–Crippen MR) is 171 cm³/mol. The molecule has 2 aromatic carbocycles. The Balaban J connectivity index is 1.37. The molecular formula is C35H46ClN3O2. The number of aromatic nitrogens is 1. The molecule has 0 radical (unpaired) electrons. The molecule has 6 heteroatoms. The third kappa shape index (κ3) is 5.64. The van der Waals surface area contributed by atoms with Gasteiger partial charge in [0.05, 0.1) is 11.3 Å². The maximum atomic E-state index is 12.0. The van der Waals surface area contributed by atoms with Crippen molar-refractivity contribution in [2.45, 2.75) is 96.6 Å². The normalized spacial score (nSPS) is 20.3. The monoisotopic (exact) mass is 575 g/mol. The number of aromatic carboxylic acids is 1. The van der Waals surface area contributed by atoms with Gasteiger partial charge in [-0.05, 0) is 99.2 Å². The number of nitrogens with zero attached hydrogens (tertiary/aromatic N) is 3. The predicted octanol–water partition coefficient (Wildman–Crippen LogP) is 8.82. The van der Waals surface area contributed by atoms with Crippen molar-refractivity contribution in [1.82, 2.24) is 9.47 Å². The molecule has 1 saturated heterocycles. The second-order valence-electron chi connectivity index (χ2n) is 12.7. The summed E-state index contributed by atoms with van der Waals surface area (Å²) in [4.78, 5) is 17.3. The molecule has 3 aromatic rings. The lowest BCUT2D eigenvalue weighted by Crippen LogP contribution is -2.43. The Hall–Kier alpha value is -2.50. The number of anilines is 1. The molecule has 220 valence electrons. The minimum absolute atomic E-state index is 0.366. The number of carbonyl (C=O) groups is 1. The molecule has 6 rings (SSSR count). The fourth-order valence-electron chi connectivity index (χ4n) is 8.18. The summed E-state index contributed by atoms with van der Waals surface area (Å²) in [7, 11) is 0. The summed E-state index contributed by atoms with van der Waals surface area (Å²) in [6, 6.07) is 12.9. The van der Waals surface area contributed by atoms with Gasteiger partial charge in [-0.25, -0.2) is 4.79 Å². The van der Waals surface area contributed by atoms with E-state index >= 15 is 0 Å². The van der Waals surface area contributed by atoms with E-state index in [0.717, 1.165) is 36.1 Å². The number of likely N-dealkylation sites (tertiary alicyclic amines) is 1. The van der Waals surface area contributed by atoms with Gasteiger partial charge >= 0.3 is 5.97 Å². The van der Waals surface area contributed by atoms with E-state index in [2.05, 4.69) is 46.4 Å². The van der Waals surface area contributed by atoms with Crippen molar-refractivity contribution in [2.24, 2.45) is 5.92 Å². The van der Waals surface area contributed by atoms with E-state index in [9.17, 15) is 9.90 Å². The van der Waals surface area contributed by atoms with Crippen LogP contribution in [0.1, 0.15) is 99.9 Å². The minimum Gasteiger partial charge on any atom is -0.478 e. The molecule has 1 aromatic heterocycles. The van der Waals surface area contributed by atoms with Crippen molar-refractivity contribution in [1.29, 1.82) is 0 Å². The Labute approximate surface area is 250 Å². The van der Waals surface area contributed by atoms with Gasteiger partial charge in [0.15, 0.2) is 0 Å². The first-order valence-electron chi connectivity index (χ1n) is 16.2. The zero-order valence-electron chi connectivity index (χ0n) is 24.9. The molecule has 1 aliphatic carbocycles. The summed E-state index contributed by atoms with van der Waals surface area (Å²) >= 11 is 6.67. The molecule has 2 fully saturated rings. The highest BCUT2D eigenvalue weighted by Crippen LogP contribution is 2.48. The molecular weight excluding hydrogens is 530 g/mol. The highest BCUT2D eigenvalue weighted by molar-refractivity contribution is 6.31. The van der Waals surface area contributed by atoms with E-state index in [0.29, 0.717) is 17.5 Å². The fourth-order valence-corrected chi connectivity index (χ4v) is 8.35. The number of piperidine rings is 1. The quantitative estimate of drug-likeness (QED) is 0.291. The Kier molecular flexibility index (Phi) is 8.65. The Morgan fingerprint density at radius 2 is 1.78 bits per heavy atom. The molecule has 2 aliphatic heterocycles. The van der Waals surface area contributed by atoms with Crippen molar-refractivity contribution < 1.29 is 9.90 Å². The van der Waals surface area contributed by atoms with Crippen molar-refractivity contribution in [2.75, 3.05) is 31.1 Å². The van der Waals surface area contributed by atoms with Crippen LogP contribution >= 0.6 is 11.6 Å². The van der Waals surface area contributed by atoms with Crippen LogP contribution in [0.5, 0.6) is 0 Å². The average molecular weight is 576 g/mol. The van der Waals surface area contributed by atoms with Gasteiger partial charge in [-0.2, -0.15) is 0 Å². The van der Waals surface area contributed by atoms with Gasteiger partial charge in [-0.1, -0.05) is 50.8 Å². The van der Waals surface area contributed by atoms with E-state index in [-0.39, 0.29) is 0 Å². The zero-order chi connectivity index (χ0) is 28.5. The first-order chi connectivity index (χ1) is 20.0. The van der Waals surface area contributed by atoms with Crippen molar-refractivity contribution in [3.05, 3.63) is 52.5 Å². The molecule has 41 heavy (non-hydrogen) atoms. The lowest BCUT2D eigenvalue weighted by atomic mass is 9.81. The van der Waals surface area contributed by atoms with Crippen molar-refractivity contribution in [3.8, 4) is 11.3 Å². The van der Waals surface area contributed by atoms with Crippen molar-refractivity contribution in [3.63, 3.8) is 0 Å². The number of carboxylic acid groups (broad SMARTS) is 1. The first-order valence-corrected chi connectivity index (χ1v) is 16.5.